The number of nitrogens with one attached hydrogen (secondary N) is 2. The van der Waals surface area contributed by atoms with Crippen LogP contribution < -0.4 is 10.2 Å². The van der Waals surface area contributed by atoms with Crippen LogP contribution in [0, 0.1) is 0 Å². The molecule has 1 amide bonds. The van der Waals surface area contributed by atoms with Gasteiger partial charge in [0.15, 0.2) is 6.54 Å². The minimum atomic E-state index is -0.0984. The molecular formula is C16H16BrCl2N2O+. The molecule has 0 saturated heterocycles. The summed E-state index contributed by atoms with van der Waals surface area (Å²) in [5, 5.41) is 3.58. The lowest BCUT2D eigenvalue weighted by Gasteiger charge is -2.14. The number of benzene rings is 2. The largest absolute Gasteiger partial charge is 0.326 e. The van der Waals surface area contributed by atoms with Gasteiger partial charge in [0.2, 0.25) is 0 Å². The Hall–Kier alpha value is -1.07. The number of quaternary nitrogens is 1. The summed E-state index contributed by atoms with van der Waals surface area (Å²) in [5.41, 5.74) is 1.71. The lowest BCUT2D eigenvalue weighted by atomic mass is 10.2. The molecule has 0 bridgehead atoms. The first-order valence-corrected chi connectivity index (χ1v) is 8.30. The Bertz CT molecular complexity index is 662. The molecule has 1 unspecified atom stereocenters. The summed E-state index contributed by atoms with van der Waals surface area (Å²) in [6.45, 7) is 1.11. The lowest BCUT2D eigenvalue weighted by Crippen LogP contribution is -3.08. The second-order valence-electron chi connectivity index (χ2n) is 5.09. The molecule has 0 aromatic heterocycles. The fourth-order valence-electron chi connectivity index (χ4n) is 2.08. The maximum Gasteiger partial charge on any atom is 0.279 e. The van der Waals surface area contributed by atoms with Crippen molar-refractivity contribution in [3.63, 3.8) is 0 Å². The van der Waals surface area contributed by atoms with Crippen LogP contribution in [0.4, 0.5) is 5.69 Å². The summed E-state index contributed by atoms with van der Waals surface area (Å²) in [7, 11) is 1.97. The highest BCUT2D eigenvalue weighted by molar-refractivity contribution is 9.10. The van der Waals surface area contributed by atoms with Gasteiger partial charge in [-0.25, -0.2) is 0 Å². The first-order chi connectivity index (χ1) is 10.5. The van der Waals surface area contributed by atoms with Gasteiger partial charge in [0, 0.05) is 10.0 Å². The fraction of sp³-hybridized carbons (Fsp3) is 0.188. The molecule has 22 heavy (non-hydrogen) atoms. The molecule has 116 valence electrons. The third-order valence-corrected chi connectivity index (χ3v) is 4.45. The molecule has 2 N–H and O–H groups in total. The number of carbonyl (C=O) groups is 1. The van der Waals surface area contributed by atoms with E-state index in [2.05, 4.69) is 21.2 Å². The molecule has 2 aromatic carbocycles. The number of amides is 1. The second kappa shape index (κ2) is 7.97. The van der Waals surface area contributed by atoms with E-state index in [0.717, 1.165) is 15.9 Å². The minimum absolute atomic E-state index is 0.0984. The average molecular weight is 403 g/mol. The van der Waals surface area contributed by atoms with Gasteiger partial charge in [0.25, 0.3) is 5.91 Å². The van der Waals surface area contributed by atoms with Crippen molar-refractivity contribution < 1.29 is 9.69 Å². The SMILES string of the molecule is C[NH+](CC(=O)Nc1cccc(Cl)c1Cl)Cc1ccc(Br)cc1. The van der Waals surface area contributed by atoms with E-state index in [-0.39, 0.29) is 5.91 Å². The Morgan fingerprint density at radius 3 is 2.55 bits per heavy atom. The van der Waals surface area contributed by atoms with Gasteiger partial charge in [-0.15, -0.1) is 0 Å². The number of hydrogen-bond acceptors (Lipinski definition) is 1. The van der Waals surface area contributed by atoms with Crippen molar-refractivity contribution >= 4 is 50.7 Å². The monoisotopic (exact) mass is 401 g/mol. The average Bonchev–Trinajstić information content (AvgIpc) is 2.46. The van der Waals surface area contributed by atoms with Gasteiger partial charge in [-0.2, -0.15) is 0 Å². The van der Waals surface area contributed by atoms with E-state index in [1.165, 1.54) is 5.56 Å². The van der Waals surface area contributed by atoms with Gasteiger partial charge in [0.1, 0.15) is 6.54 Å². The van der Waals surface area contributed by atoms with E-state index < -0.39 is 0 Å². The Kier molecular flexibility index (Phi) is 6.26. The van der Waals surface area contributed by atoms with E-state index in [4.69, 9.17) is 23.2 Å². The third kappa shape index (κ3) is 4.99. The van der Waals surface area contributed by atoms with E-state index >= 15 is 0 Å². The number of rotatable bonds is 5. The van der Waals surface area contributed by atoms with Gasteiger partial charge >= 0.3 is 0 Å². The number of halogens is 3. The zero-order valence-electron chi connectivity index (χ0n) is 12.0. The predicted octanol–water partition coefficient (Wildman–Crippen LogP) is 3.41. The van der Waals surface area contributed by atoms with Crippen LogP contribution in [-0.2, 0) is 11.3 Å². The molecule has 0 aliphatic rings. The highest BCUT2D eigenvalue weighted by Gasteiger charge is 2.13. The van der Waals surface area contributed by atoms with Crippen molar-refractivity contribution in [1.82, 2.24) is 0 Å². The molecule has 0 spiro atoms. The number of anilines is 1. The van der Waals surface area contributed by atoms with Crippen molar-refractivity contribution in [2.75, 3.05) is 18.9 Å². The van der Waals surface area contributed by atoms with Crippen molar-refractivity contribution in [2.45, 2.75) is 6.54 Å². The number of likely N-dealkylation sites (N-methyl/N-ethyl adjacent to an activating group) is 1. The summed E-state index contributed by atoms with van der Waals surface area (Å²) >= 11 is 15.4. The van der Waals surface area contributed by atoms with Crippen LogP contribution in [0.25, 0.3) is 0 Å². The van der Waals surface area contributed by atoms with E-state index in [0.29, 0.717) is 22.3 Å². The van der Waals surface area contributed by atoms with Crippen LogP contribution in [0.5, 0.6) is 0 Å². The normalized spacial score (nSPS) is 12.0. The molecule has 0 heterocycles. The van der Waals surface area contributed by atoms with Crippen LogP contribution >= 0.6 is 39.1 Å². The van der Waals surface area contributed by atoms with Gasteiger partial charge in [-0.3, -0.25) is 4.79 Å². The highest BCUT2D eigenvalue weighted by Crippen LogP contribution is 2.29. The first kappa shape index (κ1) is 17.3. The quantitative estimate of drug-likeness (QED) is 0.789. The third-order valence-electron chi connectivity index (χ3n) is 3.11. The zero-order valence-corrected chi connectivity index (χ0v) is 15.1. The molecule has 2 rings (SSSR count). The fourth-order valence-corrected chi connectivity index (χ4v) is 2.69. The van der Waals surface area contributed by atoms with Crippen LogP contribution in [0.15, 0.2) is 46.9 Å². The minimum Gasteiger partial charge on any atom is -0.326 e. The number of hydrogen-bond donors (Lipinski definition) is 2. The van der Waals surface area contributed by atoms with Crippen molar-refractivity contribution in [2.24, 2.45) is 0 Å². The van der Waals surface area contributed by atoms with E-state index in [9.17, 15) is 4.79 Å². The summed E-state index contributed by atoms with van der Waals surface area (Å²) < 4.78 is 1.04. The molecule has 0 fully saturated rings. The van der Waals surface area contributed by atoms with E-state index in [1.807, 2.05) is 31.3 Å². The molecule has 2 aromatic rings. The Labute approximate surface area is 148 Å². The topological polar surface area (TPSA) is 33.5 Å². The second-order valence-corrected chi connectivity index (χ2v) is 6.79. The molecule has 0 saturated carbocycles. The highest BCUT2D eigenvalue weighted by atomic mass is 79.9. The Morgan fingerprint density at radius 2 is 1.86 bits per heavy atom. The lowest BCUT2D eigenvalue weighted by molar-refractivity contribution is -0.885. The summed E-state index contributed by atoms with van der Waals surface area (Å²) in [4.78, 5) is 13.2. The molecule has 1 atom stereocenters. The van der Waals surface area contributed by atoms with Crippen molar-refractivity contribution in [3.8, 4) is 0 Å². The van der Waals surface area contributed by atoms with Crippen molar-refractivity contribution in [3.05, 3.63) is 62.5 Å². The van der Waals surface area contributed by atoms with E-state index in [1.54, 1.807) is 18.2 Å². The van der Waals surface area contributed by atoms with Crippen molar-refractivity contribution in [1.29, 1.82) is 0 Å². The zero-order chi connectivity index (χ0) is 16.1. The summed E-state index contributed by atoms with van der Waals surface area (Å²) in [5.74, 6) is -0.0984. The standard InChI is InChI=1S/C16H15BrCl2N2O/c1-21(9-11-5-7-12(17)8-6-11)10-15(22)20-14-4-2-3-13(18)16(14)19/h2-8H,9-10H2,1H3,(H,20,22)/p+1. The smallest absolute Gasteiger partial charge is 0.279 e. The van der Waals surface area contributed by atoms with Gasteiger partial charge in [-0.1, -0.05) is 57.3 Å². The summed E-state index contributed by atoms with van der Waals surface area (Å²) in [6.07, 6.45) is 0. The Morgan fingerprint density at radius 1 is 1.18 bits per heavy atom. The molecule has 0 aliphatic carbocycles. The molecule has 6 heteroatoms. The maximum atomic E-state index is 12.1. The summed E-state index contributed by atoms with van der Waals surface area (Å²) in [6, 6.07) is 13.2. The van der Waals surface area contributed by atoms with Gasteiger partial charge in [-0.05, 0) is 24.3 Å². The molecular weight excluding hydrogens is 387 g/mol. The van der Waals surface area contributed by atoms with Gasteiger partial charge in [0.05, 0.1) is 22.8 Å². The molecule has 0 radical (unpaired) electrons. The van der Waals surface area contributed by atoms with Crippen LogP contribution in [-0.4, -0.2) is 19.5 Å². The predicted molar refractivity (Wildman–Crippen MR) is 94.7 cm³/mol. The first-order valence-electron chi connectivity index (χ1n) is 6.75. The maximum absolute atomic E-state index is 12.1. The van der Waals surface area contributed by atoms with Gasteiger partial charge < -0.3 is 10.2 Å². The molecule has 3 nitrogen and oxygen atoms in total. The molecule has 0 aliphatic heterocycles. The number of carbonyl (C=O) groups excluding carboxylic acids is 1. The Balaban J connectivity index is 1.91. The van der Waals surface area contributed by atoms with Crippen LogP contribution in [0.2, 0.25) is 10.0 Å². The van der Waals surface area contributed by atoms with Crippen LogP contribution in [0.3, 0.4) is 0 Å². The van der Waals surface area contributed by atoms with Crippen LogP contribution in [0.1, 0.15) is 5.56 Å².